The van der Waals surface area contributed by atoms with Crippen molar-refractivity contribution in [2.24, 2.45) is 0 Å². The minimum absolute atomic E-state index is 0.169. The Hall–Kier alpha value is -2.59. The molecule has 2 fully saturated rings. The highest BCUT2D eigenvalue weighted by Crippen LogP contribution is 2.35. The number of methoxy groups -OCH3 is 1. The first-order valence-corrected chi connectivity index (χ1v) is 9.27. The Labute approximate surface area is 167 Å². The molecule has 0 bridgehead atoms. The minimum Gasteiger partial charge on any atom is -0.497 e. The van der Waals surface area contributed by atoms with Gasteiger partial charge in [-0.2, -0.15) is 0 Å². The molecule has 1 amide bonds. The van der Waals surface area contributed by atoms with Gasteiger partial charge in [0, 0.05) is 6.92 Å². The van der Waals surface area contributed by atoms with Gasteiger partial charge in [0.15, 0.2) is 5.76 Å². The topological polar surface area (TPSA) is 109 Å². The van der Waals surface area contributed by atoms with E-state index in [9.17, 15) is 9.90 Å². The fourth-order valence-electron chi connectivity index (χ4n) is 3.44. The number of fused-ring (bicyclic) bond motifs is 1. The van der Waals surface area contributed by atoms with Gasteiger partial charge in [-0.15, -0.1) is 0 Å². The van der Waals surface area contributed by atoms with Gasteiger partial charge < -0.3 is 38.5 Å². The molecular weight excluding hydrogens is 382 g/mol. The Morgan fingerprint density at radius 3 is 2.59 bits per heavy atom. The van der Waals surface area contributed by atoms with E-state index in [1.165, 1.54) is 13.2 Å². The average molecular weight is 405 g/mol. The van der Waals surface area contributed by atoms with Gasteiger partial charge in [-0.25, -0.2) is 0 Å². The van der Waals surface area contributed by atoms with Crippen molar-refractivity contribution in [3.05, 3.63) is 48.4 Å². The quantitative estimate of drug-likeness (QED) is 0.768. The molecule has 0 radical (unpaired) electrons. The summed E-state index contributed by atoms with van der Waals surface area (Å²) in [7, 11) is 1.57. The highest BCUT2D eigenvalue weighted by Gasteiger charge is 2.51. The standard InChI is InChI=1S/C20H23NO8/c1-11(22)21-16-17(23)18-15(10-26-19(29-18)14-4-3-9-25-14)28-20(16)27-13-7-5-12(24-2)6-8-13/h3-9,15-20,23H,10H2,1-2H3,(H,21,22)/t15-,16-,17+,18+,19+,20+/m1/s1. The number of hydrogen-bond acceptors (Lipinski definition) is 8. The van der Waals surface area contributed by atoms with Gasteiger partial charge in [0.2, 0.25) is 18.5 Å². The van der Waals surface area contributed by atoms with Crippen LogP contribution < -0.4 is 14.8 Å². The summed E-state index contributed by atoms with van der Waals surface area (Å²) in [4.78, 5) is 11.7. The lowest BCUT2D eigenvalue weighted by atomic mass is 9.96. The SMILES string of the molecule is COc1ccc(O[C@H]2O[C@@H]3CO[C@H](c4ccco4)O[C@@H]3[C@@H](O)[C@H]2NC(C)=O)cc1. The normalized spacial score (nSPS) is 31.6. The van der Waals surface area contributed by atoms with Crippen molar-refractivity contribution in [2.75, 3.05) is 13.7 Å². The van der Waals surface area contributed by atoms with Crippen molar-refractivity contribution in [1.82, 2.24) is 5.32 Å². The number of carbonyl (C=O) groups is 1. The number of aliphatic hydroxyl groups is 1. The number of rotatable bonds is 5. The largest absolute Gasteiger partial charge is 0.497 e. The number of hydrogen-bond donors (Lipinski definition) is 2. The Kier molecular flexibility index (Phi) is 5.72. The second-order valence-electron chi connectivity index (χ2n) is 6.83. The zero-order valence-corrected chi connectivity index (χ0v) is 16.0. The third kappa shape index (κ3) is 4.23. The molecule has 1 aromatic heterocycles. The Bertz CT molecular complexity index is 808. The van der Waals surface area contributed by atoms with Crippen LogP contribution in [0.3, 0.4) is 0 Å². The smallest absolute Gasteiger partial charge is 0.223 e. The highest BCUT2D eigenvalue weighted by atomic mass is 16.8. The van der Waals surface area contributed by atoms with E-state index < -0.39 is 36.9 Å². The molecule has 2 aliphatic rings. The lowest BCUT2D eigenvalue weighted by molar-refractivity contribution is -0.336. The molecule has 3 heterocycles. The fourth-order valence-corrected chi connectivity index (χ4v) is 3.44. The first-order valence-electron chi connectivity index (χ1n) is 9.27. The summed E-state index contributed by atoms with van der Waals surface area (Å²) in [5.41, 5.74) is 0. The van der Waals surface area contributed by atoms with E-state index in [0.717, 1.165) is 0 Å². The molecule has 2 N–H and O–H groups in total. The van der Waals surface area contributed by atoms with Gasteiger partial charge >= 0.3 is 0 Å². The summed E-state index contributed by atoms with van der Waals surface area (Å²) in [6, 6.07) is 9.52. The molecule has 2 aromatic rings. The number of furan rings is 1. The Morgan fingerprint density at radius 1 is 1.17 bits per heavy atom. The molecule has 9 heteroatoms. The number of nitrogens with one attached hydrogen (secondary N) is 1. The van der Waals surface area contributed by atoms with Crippen molar-refractivity contribution < 1.29 is 38.0 Å². The molecule has 29 heavy (non-hydrogen) atoms. The van der Waals surface area contributed by atoms with Gasteiger partial charge in [-0.05, 0) is 36.4 Å². The summed E-state index contributed by atoms with van der Waals surface area (Å²) >= 11 is 0. The van der Waals surface area contributed by atoms with Crippen LogP contribution in [-0.4, -0.2) is 55.4 Å². The number of benzene rings is 1. The second-order valence-corrected chi connectivity index (χ2v) is 6.83. The summed E-state index contributed by atoms with van der Waals surface area (Å²) in [6.07, 6.45) is -2.57. The van der Waals surface area contributed by atoms with E-state index >= 15 is 0 Å². The second kappa shape index (κ2) is 8.42. The molecule has 0 spiro atoms. The first-order chi connectivity index (χ1) is 14.0. The van der Waals surface area contributed by atoms with Gasteiger partial charge in [0.05, 0.1) is 20.0 Å². The minimum atomic E-state index is -1.08. The third-order valence-electron chi connectivity index (χ3n) is 4.82. The van der Waals surface area contributed by atoms with Crippen molar-refractivity contribution >= 4 is 5.91 Å². The molecular formula is C20H23NO8. The molecule has 0 saturated carbocycles. The lowest BCUT2D eigenvalue weighted by Gasteiger charge is -2.47. The molecule has 0 unspecified atom stereocenters. The predicted molar refractivity (Wildman–Crippen MR) is 98.2 cm³/mol. The Balaban J connectivity index is 1.51. The van der Waals surface area contributed by atoms with Crippen LogP contribution in [0.15, 0.2) is 47.1 Å². The lowest BCUT2D eigenvalue weighted by Crippen LogP contribution is -2.67. The van der Waals surface area contributed by atoms with E-state index in [1.807, 2.05) is 0 Å². The van der Waals surface area contributed by atoms with Gasteiger partial charge in [-0.1, -0.05) is 0 Å². The maximum Gasteiger partial charge on any atom is 0.223 e. The average Bonchev–Trinajstić information content (AvgIpc) is 3.26. The highest BCUT2D eigenvalue weighted by molar-refractivity contribution is 5.73. The summed E-state index contributed by atoms with van der Waals surface area (Å²) in [5.74, 6) is 1.35. The molecule has 4 rings (SSSR count). The van der Waals surface area contributed by atoms with E-state index in [-0.39, 0.29) is 12.5 Å². The molecule has 2 saturated heterocycles. The van der Waals surface area contributed by atoms with Crippen LogP contribution in [0.4, 0.5) is 0 Å². The monoisotopic (exact) mass is 405 g/mol. The van der Waals surface area contributed by atoms with Crippen molar-refractivity contribution in [3.8, 4) is 11.5 Å². The third-order valence-corrected chi connectivity index (χ3v) is 4.82. The van der Waals surface area contributed by atoms with E-state index in [1.54, 1.807) is 43.5 Å². The van der Waals surface area contributed by atoms with Crippen LogP contribution in [0.25, 0.3) is 0 Å². The summed E-state index contributed by atoms with van der Waals surface area (Å²) < 4.78 is 33.9. The van der Waals surface area contributed by atoms with E-state index in [4.69, 9.17) is 28.1 Å². The number of amides is 1. The number of aliphatic hydroxyl groups excluding tert-OH is 1. The summed E-state index contributed by atoms with van der Waals surface area (Å²) in [5, 5.41) is 13.7. The zero-order chi connectivity index (χ0) is 20.4. The first kappa shape index (κ1) is 19.7. The number of carbonyl (C=O) groups excluding carboxylic acids is 1. The maximum absolute atomic E-state index is 11.7. The molecule has 6 atom stereocenters. The predicted octanol–water partition coefficient (Wildman–Crippen LogP) is 1.37. The van der Waals surface area contributed by atoms with Crippen LogP contribution in [0.1, 0.15) is 19.0 Å². The zero-order valence-electron chi connectivity index (χ0n) is 16.0. The fraction of sp³-hybridized carbons (Fsp3) is 0.450. The molecule has 156 valence electrons. The van der Waals surface area contributed by atoms with Crippen LogP contribution in [0.2, 0.25) is 0 Å². The summed E-state index contributed by atoms with van der Waals surface area (Å²) in [6.45, 7) is 1.53. The molecule has 2 aliphatic heterocycles. The van der Waals surface area contributed by atoms with Crippen LogP contribution in [-0.2, 0) is 19.0 Å². The molecule has 1 aromatic carbocycles. The van der Waals surface area contributed by atoms with E-state index in [2.05, 4.69) is 5.32 Å². The maximum atomic E-state index is 11.7. The van der Waals surface area contributed by atoms with Crippen molar-refractivity contribution in [3.63, 3.8) is 0 Å². The Morgan fingerprint density at radius 2 is 1.93 bits per heavy atom. The molecule has 0 aliphatic carbocycles. The van der Waals surface area contributed by atoms with Gasteiger partial charge in [0.25, 0.3) is 0 Å². The van der Waals surface area contributed by atoms with Gasteiger partial charge in [-0.3, -0.25) is 4.79 Å². The van der Waals surface area contributed by atoms with Crippen molar-refractivity contribution in [2.45, 2.75) is 43.9 Å². The number of ether oxygens (including phenoxy) is 5. The molecule has 9 nitrogen and oxygen atoms in total. The van der Waals surface area contributed by atoms with Crippen LogP contribution in [0.5, 0.6) is 11.5 Å². The van der Waals surface area contributed by atoms with Crippen LogP contribution >= 0.6 is 0 Å². The van der Waals surface area contributed by atoms with E-state index in [0.29, 0.717) is 17.3 Å². The van der Waals surface area contributed by atoms with Crippen LogP contribution in [0, 0.1) is 0 Å². The van der Waals surface area contributed by atoms with Gasteiger partial charge in [0.1, 0.15) is 35.9 Å². The van der Waals surface area contributed by atoms with Crippen molar-refractivity contribution in [1.29, 1.82) is 0 Å².